The second-order valence-electron chi connectivity index (χ2n) is 9.06. The SMILES string of the molecule is CCC(C(=O)NC(C)(C)C)N(Cc1ccc(F)cc1)C(=O)CN(c1cccc(Cl)c1)S(C)(=O)=O. The van der Waals surface area contributed by atoms with Crippen molar-refractivity contribution < 1.29 is 22.4 Å². The van der Waals surface area contributed by atoms with Crippen molar-refractivity contribution in [3.63, 3.8) is 0 Å². The van der Waals surface area contributed by atoms with E-state index in [4.69, 9.17) is 11.6 Å². The van der Waals surface area contributed by atoms with Gasteiger partial charge in [-0.3, -0.25) is 13.9 Å². The van der Waals surface area contributed by atoms with E-state index in [0.29, 0.717) is 17.0 Å². The number of anilines is 1. The lowest BCUT2D eigenvalue weighted by Gasteiger charge is -2.34. The van der Waals surface area contributed by atoms with Crippen LogP contribution in [0.4, 0.5) is 10.1 Å². The van der Waals surface area contributed by atoms with Crippen LogP contribution in [0.3, 0.4) is 0 Å². The summed E-state index contributed by atoms with van der Waals surface area (Å²) in [5.41, 5.74) is 0.303. The van der Waals surface area contributed by atoms with Crippen molar-refractivity contribution in [2.45, 2.75) is 52.2 Å². The number of rotatable bonds is 9. The molecule has 0 saturated heterocycles. The van der Waals surface area contributed by atoms with E-state index in [-0.39, 0.29) is 18.1 Å². The van der Waals surface area contributed by atoms with E-state index in [9.17, 15) is 22.4 Å². The molecule has 0 bridgehead atoms. The molecule has 34 heavy (non-hydrogen) atoms. The maximum atomic E-state index is 13.5. The molecule has 0 saturated carbocycles. The molecule has 0 heterocycles. The predicted octanol–water partition coefficient (Wildman–Crippen LogP) is 3.97. The molecule has 0 aromatic heterocycles. The van der Waals surface area contributed by atoms with E-state index in [2.05, 4.69) is 5.32 Å². The number of nitrogens with one attached hydrogen (secondary N) is 1. The molecule has 0 spiro atoms. The van der Waals surface area contributed by atoms with E-state index < -0.39 is 39.9 Å². The number of amides is 2. The summed E-state index contributed by atoms with van der Waals surface area (Å²) in [6.45, 7) is 6.72. The summed E-state index contributed by atoms with van der Waals surface area (Å²) < 4.78 is 39.5. The molecule has 0 aliphatic heterocycles. The molecular formula is C24H31ClFN3O4S. The second-order valence-corrected chi connectivity index (χ2v) is 11.4. The Morgan fingerprint density at radius 2 is 1.74 bits per heavy atom. The molecular weight excluding hydrogens is 481 g/mol. The third-order valence-electron chi connectivity index (χ3n) is 4.93. The number of halogens is 2. The fourth-order valence-electron chi connectivity index (χ4n) is 3.40. The Bertz CT molecular complexity index is 1120. The zero-order chi connectivity index (χ0) is 25.7. The maximum Gasteiger partial charge on any atom is 0.244 e. The highest BCUT2D eigenvalue weighted by Gasteiger charge is 2.33. The highest BCUT2D eigenvalue weighted by molar-refractivity contribution is 7.92. The third kappa shape index (κ3) is 7.99. The van der Waals surface area contributed by atoms with Crippen molar-refractivity contribution in [2.24, 2.45) is 0 Å². The Balaban J connectivity index is 2.45. The first-order valence-corrected chi connectivity index (χ1v) is 13.0. The molecule has 7 nitrogen and oxygen atoms in total. The summed E-state index contributed by atoms with van der Waals surface area (Å²) in [5.74, 6) is -1.37. The van der Waals surface area contributed by atoms with Crippen LogP contribution in [0.25, 0.3) is 0 Å². The first-order chi connectivity index (χ1) is 15.7. The molecule has 1 unspecified atom stereocenters. The van der Waals surface area contributed by atoms with Crippen LogP contribution in [0.15, 0.2) is 48.5 Å². The fourth-order valence-corrected chi connectivity index (χ4v) is 4.43. The summed E-state index contributed by atoms with van der Waals surface area (Å²) in [7, 11) is -3.85. The predicted molar refractivity (Wildman–Crippen MR) is 133 cm³/mol. The van der Waals surface area contributed by atoms with Crippen molar-refractivity contribution in [1.82, 2.24) is 10.2 Å². The van der Waals surface area contributed by atoms with Crippen molar-refractivity contribution in [3.05, 3.63) is 64.9 Å². The summed E-state index contributed by atoms with van der Waals surface area (Å²) in [6.07, 6.45) is 1.29. The quantitative estimate of drug-likeness (QED) is 0.552. The molecule has 2 amide bonds. The number of carbonyl (C=O) groups is 2. The Labute approximate surface area is 205 Å². The topological polar surface area (TPSA) is 86.8 Å². The number of hydrogen-bond acceptors (Lipinski definition) is 4. The van der Waals surface area contributed by atoms with Gasteiger partial charge in [0.25, 0.3) is 0 Å². The van der Waals surface area contributed by atoms with E-state index in [1.165, 1.54) is 41.3 Å². The Morgan fingerprint density at radius 3 is 2.24 bits per heavy atom. The Morgan fingerprint density at radius 1 is 1.12 bits per heavy atom. The van der Waals surface area contributed by atoms with Crippen LogP contribution in [-0.2, 0) is 26.2 Å². The van der Waals surface area contributed by atoms with E-state index in [1.54, 1.807) is 19.1 Å². The minimum atomic E-state index is -3.85. The summed E-state index contributed by atoms with van der Waals surface area (Å²) in [4.78, 5) is 27.9. The van der Waals surface area contributed by atoms with Crippen LogP contribution in [0.1, 0.15) is 39.7 Å². The molecule has 2 aromatic rings. The van der Waals surface area contributed by atoms with Gasteiger partial charge in [-0.05, 0) is 63.1 Å². The van der Waals surface area contributed by atoms with Gasteiger partial charge in [-0.1, -0.05) is 36.7 Å². The number of benzene rings is 2. The smallest absolute Gasteiger partial charge is 0.244 e. The summed E-state index contributed by atoms with van der Waals surface area (Å²) in [5, 5.41) is 3.20. The number of hydrogen-bond donors (Lipinski definition) is 1. The van der Waals surface area contributed by atoms with Gasteiger partial charge in [-0.2, -0.15) is 0 Å². The van der Waals surface area contributed by atoms with E-state index >= 15 is 0 Å². The van der Waals surface area contributed by atoms with E-state index in [1.807, 2.05) is 20.8 Å². The summed E-state index contributed by atoms with van der Waals surface area (Å²) in [6, 6.07) is 10.9. The number of nitrogens with zero attached hydrogens (tertiary/aromatic N) is 2. The van der Waals surface area contributed by atoms with Crippen molar-refractivity contribution in [2.75, 3.05) is 17.1 Å². The van der Waals surface area contributed by atoms with E-state index in [0.717, 1.165) is 10.6 Å². The maximum absolute atomic E-state index is 13.5. The average Bonchev–Trinajstić information content (AvgIpc) is 2.71. The first kappa shape index (κ1) is 27.6. The Kier molecular flexibility index (Phi) is 9.08. The molecule has 1 N–H and O–H groups in total. The highest BCUT2D eigenvalue weighted by atomic mass is 35.5. The summed E-state index contributed by atoms with van der Waals surface area (Å²) >= 11 is 6.03. The Hall–Kier alpha value is -2.65. The molecule has 0 radical (unpaired) electrons. The molecule has 10 heteroatoms. The van der Waals surface area contributed by atoms with Gasteiger partial charge in [0.15, 0.2) is 0 Å². The van der Waals surface area contributed by atoms with Crippen molar-refractivity contribution in [1.29, 1.82) is 0 Å². The van der Waals surface area contributed by atoms with Crippen LogP contribution in [0, 0.1) is 5.82 Å². The van der Waals surface area contributed by atoms with Gasteiger partial charge in [0.2, 0.25) is 21.8 Å². The van der Waals surface area contributed by atoms with Crippen LogP contribution in [0.5, 0.6) is 0 Å². The lowest BCUT2D eigenvalue weighted by atomic mass is 10.1. The number of carbonyl (C=O) groups excluding carboxylic acids is 2. The zero-order valence-electron chi connectivity index (χ0n) is 20.0. The van der Waals surface area contributed by atoms with Gasteiger partial charge >= 0.3 is 0 Å². The molecule has 2 rings (SSSR count). The van der Waals surface area contributed by atoms with Gasteiger partial charge in [0.1, 0.15) is 18.4 Å². The van der Waals surface area contributed by atoms with Gasteiger partial charge in [0, 0.05) is 17.1 Å². The zero-order valence-corrected chi connectivity index (χ0v) is 21.6. The molecule has 1 atom stereocenters. The van der Waals surface area contributed by atoms with Crippen LogP contribution >= 0.6 is 11.6 Å². The third-order valence-corrected chi connectivity index (χ3v) is 6.30. The lowest BCUT2D eigenvalue weighted by molar-refractivity contribution is -0.141. The molecule has 0 aliphatic carbocycles. The fraction of sp³-hybridized carbons (Fsp3) is 0.417. The van der Waals surface area contributed by atoms with Crippen LogP contribution in [0.2, 0.25) is 5.02 Å². The van der Waals surface area contributed by atoms with Gasteiger partial charge in [0.05, 0.1) is 11.9 Å². The molecule has 2 aromatic carbocycles. The van der Waals surface area contributed by atoms with Gasteiger partial charge in [-0.25, -0.2) is 12.8 Å². The number of sulfonamides is 1. The largest absolute Gasteiger partial charge is 0.350 e. The van der Waals surface area contributed by atoms with Gasteiger partial charge < -0.3 is 10.2 Å². The lowest BCUT2D eigenvalue weighted by Crippen LogP contribution is -2.55. The minimum Gasteiger partial charge on any atom is -0.350 e. The first-order valence-electron chi connectivity index (χ1n) is 10.8. The highest BCUT2D eigenvalue weighted by Crippen LogP contribution is 2.23. The molecule has 0 aliphatic rings. The van der Waals surface area contributed by atoms with Gasteiger partial charge in [-0.15, -0.1) is 0 Å². The minimum absolute atomic E-state index is 0.00231. The average molecular weight is 512 g/mol. The monoisotopic (exact) mass is 511 g/mol. The van der Waals surface area contributed by atoms with Crippen LogP contribution < -0.4 is 9.62 Å². The van der Waals surface area contributed by atoms with Crippen LogP contribution in [-0.4, -0.2) is 49.5 Å². The second kappa shape index (κ2) is 11.2. The van der Waals surface area contributed by atoms with Crippen molar-refractivity contribution in [3.8, 4) is 0 Å². The standard InChI is InChI=1S/C24H31ClFN3O4S/c1-6-21(23(31)27-24(2,3)4)28(15-17-10-12-19(26)13-11-17)22(30)16-29(34(5,32)33)20-9-7-8-18(25)14-20/h7-14,21H,6,15-16H2,1-5H3,(H,27,31). The molecule has 186 valence electrons. The molecule has 0 fully saturated rings. The van der Waals surface area contributed by atoms with Crippen molar-refractivity contribution >= 4 is 39.1 Å². The normalized spacial score (nSPS) is 12.7.